The van der Waals surface area contributed by atoms with Crippen molar-refractivity contribution < 1.29 is 9.90 Å². The van der Waals surface area contributed by atoms with E-state index in [0.717, 1.165) is 50.4 Å². The highest BCUT2D eigenvalue weighted by molar-refractivity contribution is 5.74. The van der Waals surface area contributed by atoms with Crippen molar-refractivity contribution in [2.75, 3.05) is 0 Å². The Morgan fingerprint density at radius 2 is 2.12 bits per heavy atom. The maximum atomic E-state index is 10.6. The lowest BCUT2D eigenvalue weighted by Crippen LogP contribution is -2.05. The van der Waals surface area contributed by atoms with Crippen molar-refractivity contribution >= 4 is 6.29 Å². The van der Waals surface area contributed by atoms with Gasteiger partial charge in [0, 0.05) is 5.56 Å². The number of rotatable bonds is 8. The molecule has 0 bridgehead atoms. The second kappa shape index (κ2) is 8.02. The van der Waals surface area contributed by atoms with Crippen LogP contribution in [0.25, 0.3) is 0 Å². The van der Waals surface area contributed by atoms with Gasteiger partial charge in [-0.2, -0.15) is 0 Å². The number of benzene rings is 1. The third kappa shape index (κ3) is 5.64. The van der Waals surface area contributed by atoms with E-state index in [1.54, 1.807) is 0 Å². The maximum Gasteiger partial charge on any atom is 0.150 e. The SMILES string of the molecule is CCCC(O)CCCCc1cccc(C=O)c1. The van der Waals surface area contributed by atoms with Crippen LogP contribution in [0, 0.1) is 0 Å². The average molecular weight is 234 g/mol. The van der Waals surface area contributed by atoms with E-state index in [1.807, 2.05) is 18.2 Å². The number of unbranched alkanes of at least 4 members (excludes halogenated alkanes) is 1. The van der Waals surface area contributed by atoms with E-state index >= 15 is 0 Å². The monoisotopic (exact) mass is 234 g/mol. The van der Waals surface area contributed by atoms with Gasteiger partial charge in [-0.3, -0.25) is 4.79 Å². The van der Waals surface area contributed by atoms with E-state index in [4.69, 9.17) is 0 Å². The van der Waals surface area contributed by atoms with Crippen molar-refractivity contribution in [2.24, 2.45) is 0 Å². The molecule has 0 aliphatic carbocycles. The van der Waals surface area contributed by atoms with Crippen LogP contribution >= 0.6 is 0 Å². The number of aliphatic hydroxyl groups is 1. The van der Waals surface area contributed by atoms with Gasteiger partial charge in [-0.25, -0.2) is 0 Å². The predicted octanol–water partition coefficient (Wildman–Crippen LogP) is 3.37. The molecule has 0 saturated carbocycles. The average Bonchev–Trinajstić information content (AvgIpc) is 2.35. The van der Waals surface area contributed by atoms with Crippen molar-refractivity contribution in [1.82, 2.24) is 0 Å². The summed E-state index contributed by atoms with van der Waals surface area (Å²) >= 11 is 0. The predicted molar refractivity (Wildman–Crippen MR) is 70.3 cm³/mol. The smallest absolute Gasteiger partial charge is 0.150 e. The zero-order valence-electron chi connectivity index (χ0n) is 10.6. The summed E-state index contributed by atoms with van der Waals surface area (Å²) in [4.78, 5) is 10.6. The lowest BCUT2D eigenvalue weighted by Gasteiger charge is -2.08. The third-order valence-corrected chi connectivity index (χ3v) is 2.96. The lowest BCUT2D eigenvalue weighted by molar-refractivity contribution is 0.112. The maximum absolute atomic E-state index is 10.6. The zero-order valence-corrected chi connectivity index (χ0v) is 10.6. The van der Waals surface area contributed by atoms with Crippen LogP contribution in [0.1, 0.15) is 54.9 Å². The van der Waals surface area contributed by atoms with E-state index in [0.29, 0.717) is 0 Å². The van der Waals surface area contributed by atoms with E-state index < -0.39 is 0 Å². The van der Waals surface area contributed by atoms with E-state index in [2.05, 4.69) is 13.0 Å². The fourth-order valence-electron chi connectivity index (χ4n) is 2.01. The van der Waals surface area contributed by atoms with Crippen molar-refractivity contribution in [3.63, 3.8) is 0 Å². The molecule has 2 nitrogen and oxygen atoms in total. The summed E-state index contributed by atoms with van der Waals surface area (Å²) in [5.41, 5.74) is 1.95. The molecule has 0 saturated heterocycles. The number of hydrogen-bond donors (Lipinski definition) is 1. The molecule has 17 heavy (non-hydrogen) atoms. The Labute approximate surface area is 104 Å². The molecule has 1 rings (SSSR count). The Kier molecular flexibility index (Phi) is 6.56. The van der Waals surface area contributed by atoms with Crippen LogP contribution in [0.3, 0.4) is 0 Å². The quantitative estimate of drug-likeness (QED) is 0.553. The molecular formula is C15H22O2. The number of carbonyl (C=O) groups excluding carboxylic acids is 1. The molecule has 1 aromatic carbocycles. The number of aryl methyl sites for hydroxylation is 1. The molecule has 0 radical (unpaired) electrons. The second-order valence-electron chi connectivity index (χ2n) is 4.55. The highest BCUT2D eigenvalue weighted by Gasteiger charge is 2.02. The van der Waals surface area contributed by atoms with Gasteiger partial charge in [0.05, 0.1) is 6.10 Å². The molecule has 1 aromatic rings. The Hall–Kier alpha value is -1.15. The van der Waals surface area contributed by atoms with Crippen LogP contribution in [0.4, 0.5) is 0 Å². The molecule has 0 fully saturated rings. The van der Waals surface area contributed by atoms with Gasteiger partial charge in [0.25, 0.3) is 0 Å². The summed E-state index contributed by atoms with van der Waals surface area (Å²) in [5, 5.41) is 9.58. The summed E-state index contributed by atoms with van der Waals surface area (Å²) in [6.45, 7) is 2.09. The molecule has 0 amide bonds. The van der Waals surface area contributed by atoms with Crippen molar-refractivity contribution in [3.8, 4) is 0 Å². The molecule has 1 unspecified atom stereocenters. The van der Waals surface area contributed by atoms with Crippen LogP contribution < -0.4 is 0 Å². The van der Waals surface area contributed by atoms with Crippen LogP contribution in [-0.4, -0.2) is 17.5 Å². The minimum atomic E-state index is -0.138. The topological polar surface area (TPSA) is 37.3 Å². The molecular weight excluding hydrogens is 212 g/mol. The van der Waals surface area contributed by atoms with Crippen molar-refractivity contribution in [2.45, 2.75) is 51.6 Å². The van der Waals surface area contributed by atoms with Crippen LogP contribution in [0.2, 0.25) is 0 Å². The first-order valence-corrected chi connectivity index (χ1v) is 6.48. The van der Waals surface area contributed by atoms with Crippen LogP contribution in [-0.2, 0) is 6.42 Å². The number of aliphatic hydroxyl groups excluding tert-OH is 1. The van der Waals surface area contributed by atoms with Crippen LogP contribution in [0.5, 0.6) is 0 Å². The van der Waals surface area contributed by atoms with E-state index in [1.165, 1.54) is 5.56 Å². The van der Waals surface area contributed by atoms with Gasteiger partial charge < -0.3 is 5.11 Å². The van der Waals surface area contributed by atoms with Crippen molar-refractivity contribution in [1.29, 1.82) is 0 Å². The highest BCUT2D eigenvalue weighted by Crippen LogP contribution is 2.11. The molecule has 0 aliphatic rings. The minimum absolute atomic E-state index is 0.138. The Morgan fingerprint density at radius 1 is 1.29 bits per heavy atom. The summed E-state index contributed by atoms with van der Waals surface area (Å²) in [7, 11) is 0. The standard InChI is InChI=1S/C15H22O2/c1-2-6-15(17)10-4-3-7-13-8-5-9-14(11-13)12-16/h5,8-9,11-12,15,17H,2-4,6-7,10H2,1H3. The first kappa shape index (κ1) is 13.9. The molecule has 0 aromatic heterocycles. The molecule has 1 atom stereocenters. The fraction of sp³-hybridized carbons (Fsp3) is 0.533. The van der Waals surface area contributed by atoms with Gasteiger partial charge >= 0.3 is 0 Å². The van der Waals surface area contributed by atoms with E-state index in [-0.39, 0.29) is 6.10 Å². The number of hydrogen-bond acceptors (Lipinski definition) is 2. The van der Waals surface area contributed by atoms with Crippen molar-refractivity contribution in [3.05, 3.63) is 35.4 Å². The second-order valence-corrected chi connectivity index (χ2v) is 4.55. The van der Waals surface area contributed by atoms with E-state index in [9.17, 15) is 9.90 Å². The summed E-state index contributed by atoms with van der Waals surface area (Å²) in [5.74, 6) is 0. The molecule has 0 spiro atoms. The Balaban J connectivity index is 2.23. The van der Waals surface area contributed by atoms with Gasteiger partial charge in [-0.05, 0) is 37.3 Å². The summed E-state index contributed by atoms with van der Waals surface area (Å²) in [6, 6.07) is 7.73. The minimum Gasteiger partial charge on any atom is -0.393 e. The Bertz CT molecular complexity index is 333. The number of carbonyl (C=O) groups is 1. The molecule has 0 heterocycles. The van der Waals surface area contributed by atoms with Gasteiger partial charge in [-0.1, -0.05) is 38.0 Å². The Morgan fingerprint density at radius 3 is 2.82 bits per heavy atom. The van der Waals surface area contributed by atoms with Gasteiger partial charge in [0.1, 0.15) is 6.29 Å². The van der Waals surface area contributed by atoms with Gasteiger partial charge in [-0.15, -0.1) is 0 Å². The summed E-state index contributed by atoms with van der Waals surface area (Å²) < 4.78 is 0. The van der Waals surface area contributed by atoms with Crippen LogP contribution in [0.15, 0.2) is 24.3 Å². The normalized spacial score (nSPS) is 12.4. The first-order chi connectivity index (χ1) is 8.26. The van der Waals surface area contributed by atoms with Gasteiger partial charge in [0.15, 0.2) is 0 Å². The molecule has 2 heteroatoms. The zero-order chi connectivity index (χ0) is 12.5. The summed E-state index contributed by atoms with van der Waals surface area (Å²) in [6.07, 6.45) is 6.69. The molecule has 94 valence electrons. The van der Waals surface area contributed by atoms with Gasteiger partial charge in [0.2, 0.25) is 0 Å². The third-order valence-electron chi connectivity index (χ3n) is 2.96. The first-order valence-electron chi connectivity index (χ1n) is 6.48. The highest BCUT2D eigenvalue weighted by atomic mass is 16.3. The molecule has 0 aliphatic heterocycles. The molecule has 1 N–H and O–H groups in total. The lowest BCUT2D eigenvalue weighted by atomic mass is 10.0. The fourth-order valence-corrected chi connectivity index (χ4v) is 2.01. The number of aldehydes is 1. The largest absolute Gasteiger partial charge is 0.393 e.